The molecule has 43 heavy (non-hydrogen) atoms. The number of allylic oxidation sites excluding steroid dienone is 1. The molecule has 2 N–H and O–H groups in total. The van der Waals surface area contributed by atoms with E-state index in [1.165, 1.54) is 51.4 Å². The lowest BCUT2D eigenvalue weighted by Gasteiger charge is -2.29. The fourth-order valence-corrected chi connectivity index (χ4v) is 4.69. The maximum absolute atomic E-state index is 12.2. The summed E-state index contributed by atoms with van der Waals surface area (Å²) in [7, 11) is 4.12. The first-order valence-corrected chi connectivity index (χ1v) is 14.7. The van der Waals surface area contributed by atoms with Gasteiger partial charge < -0.3 is 19.8 Å². The molecule has 14 heteroatoms. The van der Waals surface area contributed by atoms with Crippen LogP contribution in [0.15, 0.2) is 27.0 Å². The van der Waals surface area contributed by atoms with Gasteiger partial charge in [0, 0.05) is 20.6 Å². The molecule has 1 aliphatic heterocycles. The highest BCUT2D eigenvalue weighted by Gasteiger charge is 2.51. The number of hydrogen-bond donors (Lipinski definition) is 2. The number of ether oxygens (including phenoxy) is 1. The highest BCUT2D eigenvalue weighted by atomic mass is 16.5. The lowest BCUT2D eigenvalue weighted by molar-refractivity contribution is -0.146. The summed E-state index contributed by atoms with van der Waals surface area (Å²) >= 11 is 0. The number of nitrogens with zero attached hydrogens (tertiary/aromatic N) is 5. The van der Waals surface area contributed by atoms with Gasteiger partial charge in [-0.1, -0.05) is 39.2 Å². The maximum Gasteiger partial charge on any atom is 0.336 e. The van der Waals surface area contributed by atoms with Gasteiger partial charge in [-0.05, 0) is 39.5 Å². The van der Waals surface area contributed by atoms with Crippen LogP contribution in [0.4, 0.5) is 4.79 Å². The summed E-state index contributed by atoms with van der Waals surface area (Å²) in [6, 6.07) is -0.435. The molecule has 2 heterocycles. The predicted octanol–water partition coefficient (Wildman–Crippen LogP) is 0.742. The third-order valence-corrected chi connectivity index (χ3v) is 7.70. The second-order valence-electron chi connectivity index (χ2n) is 11.2. The highest BCUT2D eigenvalue weighted by molar-refractivity contribution is 6.06. The Morgan fingerprint density at radius 3 is 1.86 bits per heavy atom. The van der Waals surface area contributed by atoms with E-state index in [1.54, 1.807) is 20.8 Å². The molecule has 1 saturated carbocycles. The van der Waals surface area contributed by atoms with Crippen molar-refractivity contribution in [2.75, 3.05) is 20.2 Å². The number of rotatable bonds is 9. The van der Waals surface area contributed by atoms with Crippen LogP contribution in [-0.4, -0.2) is 89.6 Å². The van der Waals surface area contributed by atoms with Gasteiger partial charge in [0.1, 0.15) is 5.54 Å². The van der Waals surface area contributed by atoms with Crippen LogP contribution in [0.1, 0.15) is 72.6 Å². The van der Waals surface area contributed by atoms with E-state index in [2.05, 4.69) is 11.3 Å². The van der Waals surface area contributed by atoms with Gasteiger partial charge in [0.05, 0.1) is 38.3 Å². The van der Waals surface area contributed by atoms with Gasteiger partial charge in [0.2, 0.25) is 0 Å². The molecule has 1 aromatic rings. The summed E-state index contributed by atoms with van der Waals surface area (Å²) in [4.78, 5) is 72.0. The molecule has 3 rings (SSSR count). The second-order valence-corrected chi connectivity index (χ2v) is 11.2. The van der Waals surface area contributed by atoms with E-state index in [4.69, 9.17) is 0 Å². The number of urea groups is 1. The van der Waals surface area contributed by atoms with Crippen LogP contribution < -0.4 is 17.1 Å². The normalized spacial score (nSPS) is 17.8. The molecule has 14 nitrogen and oxygen atoms in total. The summed E-state index contributed by atoms with van der Waals surface area (Å²) in [6.07, 6.45) is 6.81. The number of aliphatic hydroxyl groups excluding tert-OH is 2. The van der Waals surface area contributed by atoms with Gasteiger partial charge in [0.25, 0.3) is 5.91 Å². The van der Waals surface area contributed by atoms with E-state index in [-0.39, 0.29) is 37.4 Å². The average Bonchev–Trinajstić information content (AvgIpc) is 3.16. The summed E-state index contributed by atoms with van der Waals surface area (Å²) in [5.41, 5.74) is -2.85. The number of esters is 1. The fraction of sp³-hybridized carbons (Fsp3) is 0.724. The Hall–Kier alpha value is -3.52. The van der Waals surface area contributed by atoms with E-state index in [0.717, 1.165) is 31.4 Å². The minimum absolute atomic E-state index is 0.0102. The van der Waals surface area contributed by atoms with Gasteiger partial charge in [-0.2, -0.15) is 0 Å². The minimum atomic E-state index is -0.972. The van der Waals surface area contributed by atoms with E-state index < -0.39 is 40.8 Å². The molecule has 0 radical (unpaired) electrons. The molecule has 0 spiro atoms. The number of imide groups is 1. The minimum Gasteiger partial charge on any atom is -0.469 e. The van der Waals surface area contributed by atoms with Crippen LogP contribution in [0.3, 0.4) is 0 Å². The second kappa shape index (κ2) is 16.9. The number of carbonyl (C=O) groups is 3. The first kappa shape index (κ1) is 37.5. The van der Waals surface area contributed by atoms with Crippen LogP contribution in [0.5, 0.6) is 0 Å². The van der Waals surface area contributed by atoms with Gasteiger partial charge in [-0.25, -0.2) is 32.9 Å². The maximum atomic E-state index is 12.2. The third kappa shape index (κ3) is 9.48. The van der Waals surface area contributed by atoms with E-state index in [1.807, 2.05) is 6.92 Å². The number of aliphatic hydroxyl groups is 2. The zero-order valence-corrected chi connectivity index (χ0v) is 26.6. The van der Waals surface area contributed by atoms with Gasteiger partial charge >= 0.3 is 29.1 Å². The van der Waals surface area contributed by atoms with Crippen molar-refractivity contribution < 1.29 is 29.3 Å². The topological polar surface area (TPSA) is 173 Å². The van der Waals surface area contributed by atoms with Crippen molar-refractivity contribution in [3.8, 4) is 0 Å². The smallest absolute Gasteiger partial charge is 0.336 e. The monoisotopic (exact) mass is 611 g/mol. The molecule has 1 saturated heterocycles. The van der Waals surface area contributed by atoms with Crippen molar-refractivity contribution in [1.82, 2.24) is 23.5 Å². The van der Waals surface area contributed by atoms with Crippen molar-refractivity contribution >= 4 is 17.9 Å². The predicted molar refractivity (Wildman–Crippen MR) is 160 cm³/mol. The van der Waals surface area contributed by atoms with Gasteiger partial charge in [0.15, 0.2) is 0 Å². The lowest BCUT2D eigenvalue weighted by Crippen LogP contribution is -2.52. The molecule has 1 aliphatic carbocycles. The summed E-state index contributed by atoms with van der Waals surface area (Å²) in [6.45, 7) is 10.6. The van der Waals surface area contributed by atoms with Crippen LogP contribution >= 0.6 is 0 Å². The number of aromatic nitrogens is 3. The zero-order valence-electron chi connectivity index (χ0n) is 26.6. The Kier molecular flexibility index (Phi) is 14.8. The van der Waals surface area contributed by atoms with E-state index in [9.17, 15) is 39.0 Å². The Bertz CT molecular complexity index is 1250. The van der Waals surface area contributed by atoms with Crippen molar-refractivity contribution in [1.29, 1.82) is 0 Å². The van der Waals surface area contributed by atoms with Crippen LogP contribution in [0.25, 0.3) is 0 Å². The number of β-amino-alcohol motifs (C(OH)–C–C–N with tert-alkyl or cyclic N) is 2. The first-order chi connectivity index (χ1) is 20.1. The Morgan fingerprint density at radius 1 is 0.930 bits per heavy atom. The fourth-order valence-electron chi connectivity index (χ4n) is 4.69. The molecular weight excluding hydrogens is 562 g/mol. The molecule has 1 aromatic heterocycles. The number of hydrogen-bond acceptors (Lipinski definition) is 9. The third-order valence-electron chi connectivity index (χ3n) is 7.70. The van der Waals surface area contributed by atoms with Crippen LogP contribution in [0, 0.1) is 5.92 Å². The van der Waals surface area contributed by atoms with Crippen molar-refractivity contribution in [3.05, 3.63) is 44.1 Å². The Balaban J connectivity index is 0.000000339. The summed E-state index contributed by atoms with van der Waals surface area (Å²) < 4.78 is 7.35. The number of amides is 3. The van der Waals surface area contributed by atoms with Gasteiger partial charge in [-0.3, -0.25) is 14.5 Å². The molecule has 2 aliphatic rings. The SMILES string of the molecule is C=CCn1c(=O)n(C)c(=O)n(C)c1=O.CCC(O)CN1C(=O)N(CC(O)CC)C(C)(C)C1=O.COC(=O)C1CCCCC1. The molecule has 0 aromatic carbocycles. The standard InChI is InChI=1S/C13H24N2O4.C8H11N3O3.C8H14O2/c1-5-9(16)7-14-11(18)13(3,4)15(12(14)19)8-10(17)6-2;1-4-5-11-7(13)9(2)6(12)10(3)8(11)14;1-10-8(9)7-5-3-2-4-6-7/h9-10,16-17H,5-8H2,1-4H3;4H,1,5H2,2-3H3;7H,2-6H2,1H3. The van der Waals surface area contributed by atoms with E-state index in [0.29, 0.717) is 12.8 Å². The highest BCUT2D eigenvalue weighted by Crippen LogP contribution is 2.28. The molecule has 3 amide bonds. The average molecular weight is 612 g/mol. The molecule has 244 valence electrons. The quantitative estimate of drug-likeness (QED) is 0.232. The number of carbonyl (C=O) groups excluding carboxylic acids is 3. The zero-order chi connectivity index (χ0) is 33.1. The van der Waals surface area contributed by atoms with Crippen molar-refractivity contribution in [2.45, 2.75) is 96.9 Å². The molecular formula is C29H49N5O9. The van der Waals surface area contributed by atoms with E-state index >= 15 is 0 Å². The largest absolute Gasteiger partial charge is 0.469 e. The lowest BCUT2D eigenvalue weighted by atomic mass is 9.89. The molecule has 2 unspecified atom stereocenters. The number of methoxy groups -OCH3 is 1. The van der Waals surface area contributed by atoms with Crippen LogP contribution in [0.2, 0.25) is 0 Å². The van der Waals surface area contributed by atoms with Crippen LogP contribution in [-0.2, 0) is 35.0 Å². The van der Waals surface area contributed by atoms with Gasteiger partial charge in [-0.15, -0.1) is 6.58 Å². The molecule has 2 fully saturated rings. The van der Waals surface area contributed by atoms with Crippen molar-refractivity contribution in [3.63, 3.8) is 0 Å². The summed E-state index contributed by atoms with van der Waals surface area (Å²) in [5, 5.41) is 19.3. The molecule has 0 bridgehead atoms. The first-order valence-electron chi connectivity index (χ1n) is 14.7. The Labute approximate surface area is 252 Å². The molecule has 2 atom stereocenters. The Morgan fingerprint density at radius 2 is 1.42 bits per heavy atom. The van der Waals surface area contributed by atoms with Crippen molar-refractivity contribution in [2.24, 2.45) is 20.0 Å². The summed E-state index contributed by atoms with van der Waals surface area (Å²) in [5.74, 6) is -0.133.